The molecule has 0 bridgehead atoms. The Balaban J connectivity index is 1.90. The van der Waals surface area contributed by atoms with Crippen LogP contribution in [0.5, 0.6) is 0 Å². The van der Waals surface area contributed by atoms with Gasteiger partial charge in [-0.05, 0) is 31.6 Å². The summed E-state index contributed by atoms with van der Waals surface area (Å²) in [4.78, 5) is 26.5. The highest BCUT2D eigenvalue weighted by Crippen LogP contribution is 2.26. The van der Waals surface area contributed by atoms with E-state index in [-0.39, 0.29) is 17.7 Å². The predicted molar refractivity (Wildman–Crippen MR) is 83.8 cm³/mol. The molecule has 4 heteroatoms. The van der Waals surface area contributed by atoms with Gasteiger partial charge in [0.05, 0.1) is 5.92 Å². The fraction of sp³-hybridized carbons (Fsp3) is 0.882. The van der Waals surface area contributed by atoms with Gasteiger partial charge in [0.2, 0.25) is 11.8 Å². The van der Waals surface area contributed by atoms with Gasteiger partial charge in [0.1, 0.15) is 0 Å². The van der Waals surface area contributed by atoms with E-state index in [2.05, 4.69) is 26.1 Å². The molecule has 1 saturated heterocycles. The minimum Gasteiger partial charge on any atom is -0.353 e. The van der Waals surface area contributed by atoms with Crippen molar-refractivity contribution < 1.29 is 9.59 Å². The first-order chi connectivity index (χ1) is 10.1. The lowest BCUT2D eigenvalue weighted by Crippen LogP contribution is -2.44. The molecule has 0 radical (unpaired) electrons. The number of nitrogens with zero attached hydrogens (tertiary/aromatic N) is 1. The standard InChI is InChI=1S/C17H30N2O2/c1-4-14(5-2)19-11-13(10-16(19)20)17(21)18-15-9-7-6-8-12(15)3/h12-15H,4-11H2,1-3H3,(H,18,21). The molecule has 0 aromatic carbocycles. The van der Waals surface area contributed by atoms with Crippen LogP contribution >= 0.6 is 0 Å². The molecule has 21 heavy (non-hydrogen) atoms. The molecule has 1 aliphatic carbocycles. The quantitative estimate of drug-likeness (QED) is 0.847. The summed E-state index contributed by atoms with van der Waals surface area (Å²) in [6.45, 7) is 7.05. The average molecular weight is 294 g/mol. The minimum atomic E-state index is -0.146. The largest absolute Gasteiger partial charge is 0.353 e. The lowest BCUT2D eigenvalue weighted by Gasteiger charge is -2.30. The van der Waals surface area contributed by atoms with Crippen molar-refractivity contribution in [3.05, 3.63) is 0 Å². The number of carbonyl (C=O) groups is 2. The Morgan fingerprint density at radius 2 is 1.95 bits per heavy atom. The molecule has 3 unspecified atom stereocenters. The first kappa shape index (κ1) is 16.3. The van der Waals surface area contributed by atoms with Crippen LogP contribution in [0.15, 0.2) is 0 Å². The van der Waals surface area contributed by atoms with E-state index in [0.29, 0.717) is 31.0 Å². The van der Waals surface area contributed by atoms with Crippen LogP contribution in [0.3, 0.4) is 0 Å². The van der Waals surface area contributed by atoms with E-state index in [9.17, 15) is 9.59 Å². The molecule has 0 aromatic rings. The van der Waals surface area contributed by atoms with Crippen LogP contribution in [0.25, 0.3) is 0 Å². The molecule has 0 aromatic heterocycles. The van der Waals surface area contributed by atoms with Crippen molar-refractivity contribution >= 4 is 11.8 Å². The van der Waals surface area contributed by atoms with E-state index in [4.69, 9.17) is 0 Å². The number of nitrogens with one attached hydrogen (secondary N) is 1. The molecule has 1 N–H and O–H groups in total. The second-order valence-electron chi connectivity index (χ2n) is 6.79. The molecule has 1 aliphatic heterocycles. The SMILES string of the molecule is CCC(CC)N1CC(C(=O)NC2CCCCC2C)CC1=O. The molecule has 120 valence electrons. The maximum atomic E-state index is 12.5. The van der Waals surface area contributed by atoms with Gasteiger partial charge in [-0.1, -0.05) is 33.6 Å². The van der Waals surface area contributed by atoms with Gasteiger partial charge in [0.15, 0.2) is 0 Å². The van der Waals surface area contributed by atoms with Gasteiger partial charge < -0.3 is 10.2 Å². The molecule has 1 heterocycles. The second kappa shape index (κ2) is 7.28. The first-order valence-corrected chi connectivity index (χ1v) is 8.66. The molecule has 2 rings (SSSR count). The summed E-state index contributed by atoms with van der Waals surface area (Å²) in [6, 6.07) is 0.604. The second-order valence-corrected chi connectivity index (χ2v) is 6.79. The number of amides is 2. The topological polar surface area (TPSA) is 49.4 Å². The van der Waals surface area contributed by atoms with Crippen LogP contribution in [0.2, 0.25) is 0 Å². The lowest BCUT2D eigenvalue weighted by atomic mass is 9.85. The zero-order valence-electron chi connectivity index (χ0n) is 13.7. The van der Waals surface area contributed by atoms with Crippen molar-refractivity contribution in [3.8, 4) is 0 Å². The lowest BCUT2D eigenvalue weighted by molar-refractivity contribution is -0.130. The fourth-order valence-corrected chi connectivity index (χ4v) is 3.82. The van der Waals surface area contributed by atoms with Crippen LogP contribution < -0.4 is 5.32 Å². The monoisotopic (exact) mass is 294 g/mol. The van der Waals surface area contributed by atoms with E-state index in [1.165, 1.54) is 19.3 Å². The Labute approximate surface area is 128 Å². The fourth-order valence-electron chi connectivity index (χ4n) is 3.82. The summed E-state index contributed by atoms with van der Waals surface area (Å²) in [5.74, 6) is 0.665. The van der Waals surface area contributed by atoms with Gasteiger partial charge in [-0.2, -0.15) is 0 Å². The Bertz CT molecular complexity index is 379. The van der Waals surface area contributed by atoms with E-state index in [0.717, 1.165) is 19.3 Å². The van der Waals surface area contributed by atoms with Gasteiger partial charge in [-0.3, -0.25) is 9.59 Å². The Hall–Kier alpha value is -1.06. The summed E-state index contributed by atoms with van der Waals surface area (Å²) in [7, 11) is 0. The molecule has 2 amide bonds. The summed E-state index contributed by atoms with van der Waals surface area (Å²) in [5, 5.41) is 3.21. The third kappa shape index (κ3) is 3.78. The molecule has 2 aliphatic rings. The van der Waals surface area contributed by atoms with Crippen molar-refractivity contribution in [2.24, 2.45) is 11.8 Å². The van der Waals surface area contributed by atoms with Crippen molar-refractivity contribution in [3.63, 3.8) is 0 Å². The molecule has 3 atom stereocenters. The highest BCUT2D eigenvalue weighted by atomic mass is 16.2. The Morgan fingerprint density at radius 3 is 2.57 bits per heavy atom. The molecular formula is C17H30N2O2. The van der Waals surface area contributed by atoms with E-state index in [1.54, 1.807) is 0 Å². The summed E-state index contributed by atoms with van der Waals surface area (Å²) in [5.41, 5.74) is 0. The predicted octanol–water partition coefficient (Wildman–Crippen LogP) is 2.72. The molecule has 0 spiro atoms. The zero-order chi connectivity index (χ0) is 15.4. The van der Waals surface area contributed by atoms with Crippen LogP contribution in [0, 0.1) is 11.8 Å². The van der Waals surface area contributed by atoms with Gasteiger partial charge in [-0.25, -0.2) is 0 Å². The normalized spacial score (nSPS) is 30.0. The van der Waals surface area contributed by atoms with Crippen molar-refractivity contribution in [1.29, 1.82) is 0 Å². The highest BCUT2D eigenvalue weighted by molar-refractivity contribution is 5.89. The van der Waals surface area contributed by atoms with Crippen LogP contribution in [-0.2, 0) is 9.59 Å². The average Bonchev–Trinajstić information content (AvgIpc) is 2.85. The van der Waals surface area contributed by atoms with E-state index in [1.807, 2.05) is 4.90 Å². The zero-order valence-corrected chi connectivity index (χ0v) is 13.7. The maximum Gasteiger partial charge on any atom is 0.225 e. The molecule has 1 saturated carbocycles. The number of carbonyl (C=O) groups excluding carboxylic acids is 2. The smallest absolute Gasteiger partial charge is 0.225 e. The van der Waals surface area contributed by atoms with Gasteiger partial charge >= 0.3 is 0 Å². The van der Waals surface area contributed by atoms with Crippen LogP contribution in [0.1, 0.15) is 65.7 Å². The maximum absolute atomic E-state index is 12.5. The minimum absolute atomic E-state index is 0.0931. The first-order valence-electron chi connectivity index (χ1n) is 8.66. The van der Waals surface area contributed by atoms with Crippen molar-refractivity contribution in [1.82, 2.24) is 10.2 Å². The molecule has 4 nitrogen and oxygen atoms in total. The molecule has 2 fully saturated rings. The van der Waals surface area contributed by atoms with Gasteiger partial charge in [0, 0.05) is 25.0 Å². The van der Waals surface area contributed by atoms with Gasteiger partial charge in [-0.15, -0.1) is 0 Å². The van der Waals surface area contributed by atoms with Crippen LogP contribution in [0.4, 0.5) is 0 Å². The highest BCUT2D eigenvalue weighted by Gasteiger charge is 2.37. The summed E-state index contributed by atoms with van der Waals surface area (Å²) < 4.78 is 0. The van der Waals surface area contributed by atoms with Gasteiger partial charge in [0.25, 0.3) is 0 Å². The van der Waals surface area contributed by atoms with E-state index >= 15 is 0 Å². The van der Waals surface area contributed by atoms with E-state index < -0.39 is 0 Å². The van der Waals surface area contributed by atoms with Crippen molar-refractivity contribution in [2.75, 3.05) is 6.54 Å². The number of hydrogen-bond acceptors (Lipinski definition) is 2. The number of hydrogen-bond donors (Lipinski definition) is 1. The van der Waals surface area contributed by atoms with Crippen molar-refractivity contribution in [2.45, 2.75) is 77.8 Å². The van der Waals surface area contributed by atoms with Crippen LogP contribution in [-0.4, -0.2) is 35.3 Å². The Kier molecular flexibility index (Phi) is 5.65. The number of rotatable bonds is 5. The Morgan fingerprint density at radius 1 is 1.29 bits per heavy atom. The third-order valence-electron chi connectivity index (χ3n) is 5.35. The summed E-state index contributed by atoms with van der Waals surface area (Å²) in [6.07, 6.45) is 7.10. The molecular weight excluding hydrogens is 264 g/mol. The number of likely N-dealkylation sites (tertiary alicyclic amines) is 1. The summed E-state index contributed by atoms with van der Waals surface area (Å²) >= 11 is 0. The third-order valence-corrected chi connectivity index (χ3v) is 5.35.